The van der Waals surface area contributed by atoms with Crippen molar-refractivity contribution in [2.75, 3.05) is 0 Å². The minimum absolute atomic E-state index is 0.206. The summed E-state index contributed by atoms with van der Waals surface area (Å²) in [6.45, 7) is 48.0. The average Bonchev–Trinajstić information content (AvgIpc) is 3.40. The van der Waals surface area contributed by atoms with Crippen molar-refractivity contribution in [2.24, 2.45) is 0 Å². The summed E-state index contributed by atoms with van der Waals surface area (Å²) in [4.78, 5) is 0. The molecule has 0 amide bonds. The van der Waals surface area contributed by atoms with E-state index in [0.717, 1.165) is 0 Å². The highest BCUT2D eigenvalue weighted by atomic mass is 14.2. The topological polar surface area (TPSA) is 0 Å². The van der Waals surface area contributed by atoms with Gasteiger partial charge in [0.15, 0.2) is 0 Å². The number of hydrogen-bond donors (Lipinski definition) is 0. The van der Waals surface area contributed by atoms with Crippen LogP contribution in [0.15, 0.2) is 158 Å². The van der Waals surface area contributed by atoms with Crippen molar-refractivity contribution in [3.8, 4) is 0 Å². The summed E-state index contributed by atoms with van der Waals surface area (Å²) < 4.78 is 0. The molecule has 0 saturated carbocycles. The van der Waals surface area contributed by atoms with Gasteiger partial charge in [-0.15, -0.1) is 0 Å². The molecule has 0 aromatic heterocycles. The molecule has 0 N–H and O–H groups in total. The lowest BCUT2D eigenvalue weighted by atomic mass is 9.82. The fourth-order valence-electron chi connectivity index (χ4n) is 5.38. The van der Waals surface area contributed by atoms with Crippen LogP contribution in [0.5, 0.6) is 0 Å². The zero-order chi connectivity index (χ0) is 48.2. The van der Waals surface area contributed by atoms with E-state index in [2.05, 4.69) is 158 Å². The van der Waals surface area contributed by atoms with E-state index in [9.17, 15) is 0 Å². The SMILES string of the molecule is CC.CC.CC.CC.CC.CC.CC.CC.CC.CC.CC.CC.c1ccc(C(c2ccccc2)c2ccc3cc(C(c4ccccc4)c4ccccc4)ccc3c2)cc1. The van der Waals surface area contributed by atoms with Crippen LogP contribution in [0.1, 0.15) is 211 Å². The van der Waals surface area contributed by atoms with Gasteiger partial charge in [0.05, 0.1) is 0 Å². The Kier molecular flexibility index (Phi) is 68.9. The third-order valence-corrected chi connectivity index (χ3v) is 7.09. The molecule has 0 aliphatic heterocycles. The summed E-state index contributed by atoms with van der Waals surface area (Å²) in [7, 11) is 0. The van der Waals surface area contributed by atoms with Gasteiger partial charge in [0.25, 0.3) is 0 Å². The van der Waals surface area contributed by atoms with E-state index in [-0.39, 0.29) is 11.8 Å². The van der Waals surface area contributed by atoms with Gasteiger partial charge in [-0.1, -0.05) is 324 Å². The zero-order valence-electron chi connectivity index (χ0n) is 44.2. The third kappa shape index (κ3) is 27.4. The van der Waals surface area contributed by atoms with Crippen molar-refractivity contribution in [2.45, 2.75) is 178 Å². The van der Waals surface area contributed by atoms with Crippen LogP contribution < -0.4 is 0 Å². The first-order chi connectivity index (χ1) is 29.9. The molecule has 6 aromatic carbocycles. The van der Waals surface area contributed by atoms with Crippen LogP contribution in [0.25, 0.3) is 10.8 Å². The Bertz CT molecular complexity index is 1350. The van der Waals surface area contributed by atoms with E-state index < -0.39 is 0 Å². The molecule has 340 valence electrons. The maximum atomic E-state index is 2.36. The van der Waals surface area contributed by atoms with Gasteiger partial charge >= 0.3 is 0 Å². The van der Waals surface area contributed by atoms with Crippen LogP contribution in [0.2, 0.25) is 0 Å². The predicted octanol–water partition coefficient (Wildman–Crippen LogP) is 21.5. The summed E-state index contributed by atoms with van der Waals surface area (Å²) in [5.41, 5.74) is 7.88. The molecule has 0 bridgehead atoms. The Morgan fingerprint density at radius 1 is 0.183 bits per heavy atom. The van der Waals surface area contributed by atoms with Crippen LogP contribution in [0.4, 0.5) is 0 Å². The van der Waals surface area contributed by atoms with Crippen LogP contribution in [-0.2, 0) is 0 Å². The fraction of sp³-hybridized carbons (Fsp3) is 0.433. The van der Waals surface area contributed by atoms with Gasteiger partial charge in [-0.2, -0.15) is 0 Å². The Balaban J connectivity index is -0.000000203. The Hall–Kier alpha value is -4.42. The number of hydrogen-bond acceptors (Lipinski definition) is 0. The lowest BCUT2D eigenvalue weighted by molar-refractivity contribution is 0.976. The summed E-state index contributed by atoms with van der Waals surface area (Å²) in [5.74, 6) is 0.413. The molecule has 0 nitrogen and oxygen atoms in total. The van der Waals surface area contributed by atoms with Gasteiger partial charge in [-0.25, -0.2) is 0 Å². The van der Waals surface area contributed by atoms with E-state index in [0.29, 0.717) is 0 Å². The van der Waals surface area contributed by atoms with Crippen LogP contribution in [0.3, 0.4) is 0 Å². The largest absolute Gasteiger partial charge is 0.0683 e. The molecule has 60 heavy (non-hydrogen) atoms. The second kappa shape index (κ2) is 58.9. The minimum atomic E-state index is 0.206. The second-order valence-electron chi connectivity index (χ2n) is 9.37. The highest BCUT2D eigenvalue weighted by Gasteiger charge is 2.19. The maximum absolute atomic E-state index is 2.36. The Morgan fingerprint density at radius 2 is 0.350 bits per heavy atom. The van der Waals surface area contributed by atoms with Gasteiger partial charge in [0, 0.05) is 11.8 Å². The van der Waals surface area contributed by atoms with Crippen LogP contribution >= 0.6 is 0 Å². The lowest BCUT2D eigenvalue weighted by Gasteiger charge is -2.21. The van der Waals surface area contributed by atoms with Crippen LogP contribution in [-0.4, -0.2) is 0 Å². The fourth-order valence-corrected chi connectivity index (χ4v) is 5.38. The molecule has 6 rings (SSSR count). The molecule has 0 saturated heterocycles. The molecular formula is C60H100. The van der Waals surface area contributed by atoms with E-state index >= 15 is 0 Å². The molecular weight excluding hydrogens is 721 g/mol. The van der Waals surface area contributed by atoms with E-state index in [4.69, 9.17) is 0 Å². The van der Waals surface area contributed by atoms with Crippen molar-refractivity contribution < 1.29 is 0 Å². The van der Waals surface area contributed by atoms with Crippen molar-refractivity contribution in [3.63, 3.8) is 0 Å². The summed E-state index contributed by atoms with van der Waals surface area (Å²) in [5, 5.41) is 2.54. The number of fused-ring (bicyclic) bond motifs is 1. The average molecular weight is 821 g/mol. The second-order valence-corrected chi connectivity index (χ2v) is 9.37. The number of rotatable bonds is 6. The quantitative estimate of drug-likeness (QED) is 0.147. The lowest BCUT2D eigenvalue weighted by Crippen LogP contribution is -2.04. The third-order valence-electron chi connectivity index (χ3n) is 7.09. The van der Waals surface area contributed by atoms with Gasteiger partial charge in [0.1, 0.15) is 0 Å². The van der Waals surface area contributed by atoms with Crippen LogP contribution in [0, 0.1) is 0 Å². The Labute approximate surface area is 378 Å². The first-order valence-electron chi connectivity index (χ1n) is 24.6. The first-order valence-corrected chi connectivity index (χ1v) is 24.6. The van der Waals surface area contributed by atoms with E-state index in [1.54, 1.807) is 0 Å². The molecule has 0 fully saturated rings. The van der Waals surface area contributed by atoms with E-state index in [1.165, 1.54) is 44.2 Å². The van der Waals surface area contributed by atoms with Gasteiger partial charge in [-0.05, 0) is 44.2 Å². The summed E-state index contributed by atoms with van der Waals surface area (Å²) >= 11 is 0. The molecule has 0 radical (unpaired) electrons. The Morgan fingerprint density at radius 3 is 0.517 bits per heavy atom. The standard InChI is InChI=1S/C36H28.12C2H6/c1-5-13-27(14-6-1)35(28-15-7-2-8-16-28)33-23-21-32-26-34(24-22-31(32)25-33)36(29-17-9-3-10-18-29)30-19-11-4-12-20-30;12*1-2/h1-26,35-36H;12*1-2H3. The molecule has 6 aromatic rings. The normalized spacial score (nSPS) is 7.97. The maximum Gasteiger partial charge on any atom is 0.0340 e. The van der Waals surface area contributed by atoms with Gasteiger partial charge in [-0.3, -0.25) is 0 Å². The zero-order valence-corrected chi connectivity index (χ0v) is 44.2. The van der Waals surface area contributed by atoms with Crippen molar-refractivity contribution in [3.05, 3.63) is 191 Å². The van der Waals surface area contributed by atoms with Crippen molar-refractivity contribution in [1.29, 1.82) is 0 Å². The smallest absolute Gasteiger partial charge is 0.0340 e. The van der Waals surface area contributed by atoms with E-state index in [1.807, 2.05) is 166 Å². The van der Waals surface area contributed by atoms with Gasteiger partial charge < -0.3 is 0 Å². The predicted molar refractivity (Wildman–Crippen MR) is 288 cm³/mol. The minimum Gasteiger partial charge on any atom is -0.0683 e. The molecule has 0 spiro atoms. The number of benzene rings is 6. The molecule has 0 unspecified atom stereocenters. The monoisotopic (exact) mass is 821 g/mol. The highest BCUT2D eigenvalue weighted by molar-refractivity contribution is 5.84. The highest BCUT2D eigenvalue weighted by Crippen LogP contribution is 2.36. The molecule has 0 aliphatic rings. The first kappa shape index (κ1) is 70.2. The molecule has 0 heteroatoms. The van der Waals surface area contributed by atoms with Crippen molar-refractivity contribution >= 4 is 10.8 Å². The summed E-state index contributed by atoms with van der Waals surface area (Å²) in [6, 6.07) is 57.2. The molecule has 0 atom stereocenters. The summed E-state index contributed by atoms with van der Waals surface area (Å²) in [6.07, 6.45) is 0. The van der Waals surface area contributed by atoms with Crippen molar-refractivity contribution in [1.82, 2.24) is 0 Å². The molecule has 0 heterocycles. The molecule has 0 aliphatic carbocycles. The van der Waals surface area contributed by atoms with Gasteiger partial charge in [0.2, 0.25) is 0 Å².